The summed E-state index contributed by atoms with van der Waals surface area (Å²) in [5, 5.41) is 2.89. The van der Waals surface area contributed by atoms with Crippen LogP contribution in [0.2, 0.25) is 0 Å². The number of benzene rings is 1. The van der Waals surface area contributed by atoms with Crippen molar-refractivity contribution in [2.24, 2.45) is 0 Å². The Bertz CT molecular complexity index is 794. The van der Waals surface area contributed by atoms with Crippen LogP contribution in [0, 0.1) is 0 Å². The lowest BCUT2D eigenvalue weighted by Crippen LogP contribution is -2.28. The Kier molecular flexibility index (Phi) is 6.06. The van der Waals surface area contributed by atoms with Crippen LogP contribution >= 0.6 is 0 Å². The molecule has 0 saturated carbocycles. The van der Waals surface area contributed by atoms with E-state index in [9.17, 15) is 9.59 Å². The van der Waals surface area contributed by atoms with Crippen LogP contribution in [-0.2, 0) is 0 Å². The highest BCUT2D eigenvalue weighted by molar-refractivity contribution is 6.05. The van der Waals surface area contributed by atoms with Gasteiger partial charge in [0.25, 0.3) is 11.8 Å². The van der Waals surface area contributed by atoms with E-state index in [0.717, 1.165) is 50.4 Å². The molecule has 2 amide bonds. The lowest BCUT2D eigenvalue weighted by atomic mass is 10.2. The molecular formula is C21H26N4O2. The second kappa shape index (κ2) is 8.66. The molecule has 0 spiro atoms. The van der Waals surface area contributed by atoms with Crippen LogP contribution < -0.4 is 10.2 Å². The monoisotopic (exact) mass is 366 g/mol. The average Bonchev–Trinajstić information content (AvgIpc) is 3.24. The largest absolute Gasteiger partial charge is 0.372 e. The van der Waals surface area contributed by atoms with E-state index in [4.69, 9.17) is 0 Å². The number of aromatic nitrogens is 1. The maximum absolute atomic E-state index is 12.6. The number of nitrogens with zero attached hydrogens (tertiary/aromatic N) is 3. The Balaban J connectivity index is 1.69. The molecule has 1 aromatic carbocycles. The van der Waals surface area contributed by atoms with Crippen molar-refractivity contribution in [3.8, 4) is 0 Å². The lowest BCUT2D eigenvalue weighted by Gasteiger charge is -2.21. The van der Waals surface area contributed by atoms with Crippen LogP contribution in [0.4, 0.5) is 11.4 Å². The van der Waals surface area contributed by atoms with Crippen molar-refractivity contribution in [3.63, 3.8) is 0 Å². The number of hydrogen-bond donors (Lipinski definition) is 1. The molecule has 0 unspecified atom stereocenters. The number of anilines is 2. The SMILES string of the molecule is CCN(CC)c1ccc(NC(=O)c2ccnc(C(=O)N3CCCC3)c2)cc1. The molecule has 2 heterocycles. The zero-order valence-corrected chi connectivity index (χ0v) is 15.9. The first kappa shape index (κ1) is 18.9. The fourth-order valence-electron chi connectivity index (χ4n) is 3.32. The second-order valence-electron chi connectivity index (χ2n) is 6.60. The van der Waals surface area contributed by atoms with Gasteiger partial charge < -0.3 is 15.1 Å². The van der Waals surface area contributed by atoms with Crippen molar-refractivity contribution in [2.75, 3.05) is 36.4 Å². The fraction of sp³-hybridized carbons (Fsp3) is 0.381. The summed E-state index contributed by atoms with van der Waals surface area (Å²) in [6.45, 7) is 7.62. The van der Waals surface area contributed by atoms with Crippen LogP contribution in [0.3, 0.4) is 0 Å². The normalized spacial score (nSPS) is 13.5. The number of hydrogen-bond acceptors (Lipinski definition) is 4. The molecule has 142 valence electrons. The summed E-state index contributed by atoms with van der Waals surface area (Å²) < 4.78 is 0. The number of carbonyl (C=O) groups excluding carboxylic acids is 2. The number of likely N-dealkylation sites (tertiary alicyclic amines) is 1. The van der Waals surface area contributed by atoms with E-state index in [1.807, 2.05) is 24.3 Å². The van der Waals surface area contributed by atoms with Gasteiger partial charge in [0, 0.05) is 49.3 Å². The van der Waals surface area contributed by atoms with Crippen LogP contribution in [-0.4, -0.2) is 47.9 Å². The first-order chi connectivity index (χ1) is 13.1. The van der Waals surface area contributed by atoms with E-state index >= 15 is 0 Å². The standard InChI is InChI=1S/C21H26N4O2/c1-3-24(4-2)18-9-7-17(8-10-18)23-20(26)16-11-12-22-19(15-16)21(27)25-13-5-6-14-25/h7-12,15H,3-6,13-14H2,1-2H3,(H,23,26). The first-order valence-corrected chi connectivity index (χ1v) is 9.54. The number of amides is 2. The van der Waals surface area contributed by atoms with Crippen LogP contribution in [0.1, 0.15) is 47.5 Å². The highest BCUT2D eigenvalue weighted by Gasteiger charge is 2.21. The van der Waals surface area contributed by atoms with Gasteiger partial charge in [0.2, 0.25) is 0 Å². The van der Waals surface area contributed by atoms with E-state index in [2.05, 4.69) is 29.0 Å². The van der Waals surface area contributed by atoms with E-state index in [0.29, 0.717) is 11.3 Å². The summed E-state index contributed by atoms with van der Waals surface area (Å²) in [5.41, 5.74) is 2.60. The number of carbonyl (C=O) groups is 2. The van der Waals surface area contributed by atoms with Crippen molar-refractivity contribution < 1.29 is 9.59 Å². The second-order valence-corrected chi connectivity index (χ2v) is 6.60. The van der Waals surface area contributed by atoms with Crippen molar-refractivity contribution in [3.05, 3.63) is 53.9 Å². The Hall–Kier alpha value is -2.89. The third kappa shape index (κ3) is 4.45. The highest BCUT2D eigenvalue weighted by Crippen LogP contribution is 2.19. The van der Waals surface area contributed by atoms with Gasteiger partial charge >= 0.3 is 0 Å². The molecule has 6 nitrogen and oxygen atoms in total. The Labute approximate surface area is 160 Å². The van der Waals surface area contributed by atoms with Gasteiger partial charge in [-0.05, 0) is 63.1 Å². The lowest BCUT2D eigenvalue weighted by molar-refractivity contribution is 0.0787. The van der Waals surface area contributed by atoms with Crippen molar-refractivity contribution in [1.29, 1.82) is 0 Å². The first-order valence-electron chi connectivity index (χ1n) is 9.54. The summed E-state index contributed by atoms with van der Waals surface area (Å²) in [7, 11) is 0. The summed E-state index contributed by atoms with van der Waals surface area (Å²) in [5.74, 6) is -0.353. The number of pyridine rings is 1. The zero-order chi connectivity index (χ0) is 19.2. The van der Waals surface area contributed by atoms with E-state index in [1.165, 1.54) is 6.20 Å². The maximum Gasteiger partial charge on any atom is 0.272 e. The molecular weight excluding hydrogens is 340 g/mol. The summed E-state index contributed by atoms with van der Waals surface area (Å²) in [6, 6.07) is 11.0. The fourth-order valence-corrected chi connectivity index (χ4v) is 3.32. The average molecular weight is 366 g/mol. The molecule has 1 N–H and O–H groups in total. The quantitative estimate of drug-likeness (QED) is 0.851. The van der Waals surface area contributed by atoms with E-state index < -0.39 is 0 Å². The van der Waals surface area contributed by atoms with Crippen LogP contribution in [0.25, 0.3) is 0 Å². The minimum Gasteiger partial charge on any atom is -0.372 e. The number of rotatable bonds is 6. The third-order valence-corrected chi connectivity index (χ3v) is 4.89. The molecule has 1 fully saturated rings. The minimum atomic E-state index is -0.247. The highest BCUT2D eigenvalue weighted by atomic mass is 16.2. The molecule has 1 aliphatic rings. The van der Waals surface area contributed by atoms with Crippen LogP contribution in [0.15, 0.2) is 42.6 Å². The molecule has 2 aromatic rings. The molecule has 27 heavy (non-hydrogen) atoms. The summed E-state index contributed by atoms with van der Waals surface area (Å²) >= 11 is 0. The Morgan fingerprint density at radius 2 is 1.74 bits per heavy atom. The van der Waals surface area contributed by atoms with Gasteiger partial charge in [-0.1, -0.05) is 0 Å². The van der Waals surface area contributed by atoms with Crippen molar-refractivity contribution in [2.45, 2.75) is 26.7 Å². The smallest absolute Gasteiger partial charge is 0.272 e. The van der Waals surface area contributed by atoms with Gasteiger partial charge in [-0.15, -0.1) is 0 Å². The Morgan fingerprint density at radius 1 is 1.07 bits per heavy atom. The molecule has 0 radical (unpaired) electrons. The summed E-state index contributed by atoms with van der Waals surface area (Å²) in [4.78, 5) is 33.2. The topological polar surface area (TPSA) is 65.5 Å². The van der Waals surface area contributed by atoms with Crippen molar-refractivity contribution >= 4 is 23.2 Å². The third-order valence-electron chi connectivity index (χ3n) is 4.89. The Morgan fingerprint density at radius 3 is 2.37 bits per heavy atom. The van der Waals surface area contributed by atoms with Crippen molar-refractivity contribution in [1.82, 2.24) is 9.88 Å². The van der Waals surface area contributed by atoms with Gasteiger partial charge in [-0.3, -0.25) is 14.6 Å². The molecule has 6 heteroatoms. The van der Waals surface area contributed by atoms with Gasteiger partial charge in [0.15, 0.2) is 0 Å². The molecule has 1 aromatic heterocycles. The molecule has 1 aliphatic heterocycles. The van der Waals surface area contributed by atoms with E-state index in [-0.39, 0.29) is 11.8 Å². The molecule has 1 saturated heterocycles. The molecule has 0 aliphatic carbocycles. The summed E-state index contributed by atoms with van der Waals surface area (Å²) in [6.07, 6.45) is 3.56. The van der Waals surface area contributed by atoms with Gasteiger partial charge in [0.1, 0.15) is 5.69 Å². The maximum atomic E-state index is 12.6. The molecule has 0 bridgehead atoms. The van der Waals surface area contributed by atoms with E-state index in [1.54, 1.807) is 17.0 Å². The van der Waals surface area contributed by atoms with Gasteiger partial charge in [-0.25, -0.2) is 0 Å². The predicted molar refractivity (Wildman–Crippen MR) is 107 cm³/mol. The molecule has 3 rings (SSSR count). The zero-order valence-electron chi connectivity index (χ0n) is 15.9. The van der Waals surface area contributed by atoms with Gasteiger partial charge in [0.05, 0.1) is 0 Å². The van der Waals surface area contributed by atoms with Crippen LogP contribution in [0.5, 0.6) is 0 Å². The predicted octanol–water partition coefficient (Wildman–Crippen LogP) is 3.42. The number of nitrogens with one attached hydrogen (secondary N) is 1. The minimum absolute atomic E-state index is 0.106. The molecule has 0 atom stereocenters. The van der Waals surface area contributed by atoms with Gasteiger partial charge in [-0.2, -0.15) is 0 Å².